The Morgan fingerprint density at radius 2 is 1.94 bits per heavy atom. The number of piperidine rings is 1. The van der Waals surface area contributed by atoms with Gasteiger partial charge in [-0.3, -0.25) is 4.79 Å². The van der Waals surface area contributed by atoms with Crippen LogP contribution in [0.1, 0.15) is 38.2 Å². The van der Waals surface area contributed by atoms with Crippen molar-refractivity contribution in [2.24, 2.45) is 10.3 Å². The molecule has 1 atom stereocenters. The van der Waals surface area contributed by atoms with Gasteiger partial charge < -0.3 is 19.7 Å². The van der Waals surface area contributed by atoms with E-state index < -0.39 is 10.0 Å². The number of methoxy groups -OCH3 is 1. The summed E-state index contributed by atoms with van der Waals surface area (Å²) < 4.78 is 40.4. The average Bonchev–Trinajstić information content (AvgIpc) is 3.38. The lowest BCUT2D eigenvalue weighted by Crippen LogP contribution is -2.44. The molecule has 0 aromatic heterocycles. The molecule has 3 aliphatic rings. The lowest BCUT2D eigenvalue weighted by atomic mass is 9.95. The van der Waals surface area contributed by atoms with E-state index in [1.165, 1.54) is 0 Å². The summed E-state index contributed by atoms with van der Waals surface area (Å²) in [7, 11) is -2.19. The maximum atomic E-state index is 12.8. The number of amidine groups is 1. The Kier molecular flexibility index (Phi) is 6.34. The van der Waals surface area contributed by atoms with Crippen LogP contribution in [-0.2, 0) is 19.6 Å². The number of benzene rings is 1. The summed E-state index contributed by atoms with van der Waals surface area (Å²) in [6, 6.07) is 6.95. The van der Waals surface area contributed by atoms with Gasteiger partial charge in [-0.1, -0.05) is 0 Å². The largest absolute Gasteiger partial charge is 0.497 e. The Hall–Kier alpha value is -2.39. The number of hydrogen-bond donors (Lipinski definition) is 1. The van der Waals surface area contributed by atoms with E-state index in [2.05, 4.69) is 9.71 Å². The zero-order chi connectivity index (χ0) is 22.0. The molecule has 3 aliphatic heterocycles. The molecule has 0 bridgehead atoms. The van der Waals surface area contributed by atoms with Crippen LogP contribution in [0, 0.1) is 5.92 Å². The predicted molar refractivity (Wildman–Crippen MR) is 118 cm³/mol. The van der Waals surface area contributed by atoms with E-state index in [-0.39, 0.29) is 22.8 Å². The van der Waals surface area contributed by atoms with Gasteiger partial charge in [-0.05, 0) is 62.4 Å². The van der Waals surface area contributed by atoms with Crippen molar-refractivity contribution in [1.29, 1.82) is 0 Å². The first-order valence-electron chi connectivity index (χ1n) is 10.7. The van der Waals surface area contributed by atoms with Gasteiger partial charge in [0, 0.05) is 37.7 Å². The van der Waals surface area contributed by atoms with Gasteiger partial charge in [0.05, 0.1) is 13.2 Å². The summed E-state index contributed by atoms with van der Waals surface area (Å²) in [5, 5.41) is 3.01. The van der Waals surface area contributed by atoms with E-state index in [1.807, 2.05) is 4.90 Å². The van der Waals surface area contributed by atoms with E-state index in [1.54, 1.807) is 38.3 Å². The van der Waals surface area contributed by atoms with Crippen molar-refractivity contribution in [3.8, 4) is 5.75 Å². The summed E-state index contributed by atoms with van der Waals surface area (Å²) in [5.74, 6) is 1.14. The molecule has 3 heterocycles. The average molecular weight is 448 g/mol. The highest BCUT2D eigenvalue weighted by Gasteiger charge is 2.35. The van der Waals surface area contributed by atoms with Crippen LogP contribution in [-0.4, -0.2) is 64.5 Å². The zero-order valence-electron chi connectivity index (χ0n) is 18.0. The maximum Gasteiger partial charge on any atom is 0.285 e. The van der Waals surface area contributed by atoms with Crippen LogP contribution in [0.15, 0.2) is 34.2 Å². The second kappa shape index (κ2) is 9.00. The Morgan fingerprint density at radius 1 is 1.23 bits per heavy atom. The molecule has 0 radical (unpaired) electrons. The molecular weight excluding hydrogens is 418 g/mol. The van der Waals surface area contributed by atoms with Crippen LogP contribution in [0.3, 0.4) is 0 Å². The molecule has 0 saturated carbocycles. The molecule has 0 spiro atoms. The fourth-order valence-electron chi connectivity index (χ4n) is 4.44. The molecule has 1 amide bonds. The standard InChI is InChI=1S/C22H29N3O5S/c1-15-20(16-5-7-18(29-2)8-6-16)31(27,28)24-21(15)25-11-9-17(10-12-25)22(26)23-14-19-4-3-13-30-19/h5-8,17,19H,3-4,9-14H2,1-2H3,(H,23,26)/t19-/m0/s1. The molecule has 2 fully saturated rings. The summed E-state index contributed by atoms with van der Waals surface area (Å²) in [6.07, 6.45) is 3.51. The number of hydrogen-bond acceptors (Lipinski definition) is 6. The number of carbonyl (C=O) groups is 1. The first-order chi connectivity index (χ1) is 14.9. The minimum atomic E-state index is -3.76. The fraction of sp³-hybridized carbons (Fsp3) is 0.545. The van der Waals surface area contributed by atoms with Crippen LogP contribution < -0.4 is 10.1 Å². The molecule has 8 nitrogen and oxygen atoms in total. The molecule has 0 aliphatic carbocycles. The van der Waals surface area contributed by atoms with Crippen molar-refractivity contribution >= 4 is 26.7 Å². The molecule has 0 unspecified atom stereocenters. The number of nitrogens with one attached hydrogen (secondary N) is 1. The first kappa shape index (κ1) is 21.8. The molecule has 168 valence electrons. The monoisotopic (exact) mass is 447 g/mol. The quantitative estimate of drug-likeness (QED) is 0.743. The second-order valence-corrected chi connectivity index (χ2v) is 9.76. The molecule has 9 heteroatoms. The number of sulfonamides is 1. The highest BCUT2D eigenvalue weighted by molar-refractivity contribution is 8.00. The number of ether oxygens (including phenoxy) is 2. The molecule has 1 aromatic rings. The summed E-state index contributed by atoms with van der Waals surface area (Å²) >= 11 is 0. The SMILES string of the molecule is COc1ccc(C2=C(C)C(N3CCC(C(=O)NC[C@@H]4CCCO4)CC3)=NS2(=O)=O)cc1. The van der Waals surface area contributed by atoms with Gasteiger partial charge in [-0.25, -0.2) is 0 Å². The number of rotatable bonds is 5. The minimum absolute atomic E-state index is 0.0577. The van der Waals surface area contributed by atoms with Gasteiger partial charge in [0.1, 0.15) is 16.5 Å². The van der Waals surface area contributed by atoms with Crippen molar-refractivity contribution < 1.29 is 22.7 Å². The third-order valence-corrected chi connectivity index (χ3v) is 7.66. The molecule has 2 saturated heterocycles. The molecule has 4 rings (SSSR count). The van der Waals surface area contributed by atoms with Gasteiger partial charge >= 0.3 is 0 Å². The maximum absolute atomic E-state index is 12.8. The smallest absolute Gasteiger partial charge is 0.285 e. The predicted octanol–water partition coefficient (Wildman–Crippen LogP) is 2.18. The third kappa shape index (κ3) is 4.62. The Balaban J connectivity index is 1.40. The van der Waals surface area contributed by atoms with E-state index in [0.717, 1.165) is 19.4 Å². The van der Waals surface area contributed by atoms with Crippen LogP contribution >= 0.6 is 0 Å². The van der Waals surface area contributed by atoms with Crippen molar-refractivity contribution in [1.82, 2.24) is 10.2 Å². The van der Waals surface area contributed by atoms with E-state index in [0.29, 0.717) is 55.2 Å². The summed E-state index contributed by atoms with van der Waals surface area (Å²) in [4.78, 5) is 14.7. The van der Waals surface area contributed by atoms with Gasteiger partial charge in [-0.2, -0.15) is 8.42 Å². The lowest BCUT2D eigenvalue weighted by molar-refractivity contribution is -0.126. The van der Waals surface area contributed by atoms with Gasteiger partial charge in [0.25, 0.3) is 10.0 Å². The van der Waals surface area contributed by atoms with Gasteiger partial charge in [-0.15, -0.1) is 4.40 Å². The Labute approximate surface area is 183 Å². The van der Waals surface area contributed by atoms with E-state index in [9.17, 15) is 13.2 Å². The highest BCUT2D eigenvalue weighted by Crippen LogP contribution is 2.35. The van der Waals surface area contributed by atoms with E-state index in [4.69, 9.17) is 9.47 Å². The molecule has 1 aromatic carbocycles. The highest BCUT2D eigenvalue weighted by atomic mass is 32.2. The van der Waals surface area contributed by atoms with Crippen LogP contribution in [0.2, 0.25) is 0 Å². The summed E-state index contributed by atoms with van der Waals surface area (Å²) in [6.45, 7) is 4.33. The van der Waals surface area contributed by atoms with E-state index >= 15 is 0 Å². The van der Waals surface area contributed by atoms with Crippen LogP contribution in [0.4, 0.5) is 0 Å². The van der Waals surface area contributed by atoms with Crippen molar-refractivity contribution in [2.45, 2.75) is 38.7 Å². The fourth-order valence-corrected chi connectivity index (χ4v) is 5.93. The minimum Gasteiger partial charge on any atom is -0.497 e. The third-order valence-electron chi connectivity index (χ3n) is 6.19. The number of carbonyl (C=O) groups excluding carboxylic acids is 1. The Morgan fingerprint density at radius 3 is 2.55 bits per heavy atom. The molecule has 1 N–H and O–H groups in total. The first-order valence-corrected chi connectivity index (χ1v) is 12.2. The molecule has 31 heavy (non-hydrogen) atoms. The Bertz CT molecular complexity index is 986. The van der Waals surface area contributed by atoms with Crippen molar-refractivity contribution in [3.05, 3.63) is 35.4 Å². The number of likely N-dealkylation sites (tertiary alicyclic amines) is 1. The normalized spacial score (nSPS) is 23.7. The number of nitrogens with zero attached hydrogens (tertiary/aromatic N) is 2. The number of amides is 1. The molecular formula is C22H29N3O5S. The lowest BCUT2D eigenvalue weighted by Gasteiger charge is -2.33. The van der Waals surface area contributed by atoms with Crippen LogP contribution in [0.5, 0.6) is 5.75 Å². The van der Waals surface area contributed by atoms with Gasteiger partial charge in [0.15, 0.2) is 0 Å². The topological polar surface area (TPSA) is 97.3 Å². The summed E-state index contributed by atoms with van der Waals surface area (Å²) in [5.41, 5.74) is 1.24. The van der Waals surface area contributed by atoms with Gasteiger partial charge in [0.2, 0.25) is 5.91 Å². The second-order valence-electron chi connectivity index (χ2n) is 8.21. The van der Waals surface area contributed by atoms with Crippen molar-refractivity contribution in [2.75, 3.05) is 33.4 Å². The zero-order valence-corrected chi connectivity index (χ0v) is 18.8. The van der Waals surface area contributed by atoms with Crippen molar-refractivity contribution in [3.63, 3.8) is 0 Å². The van der Waals surface area contributed by atoms with Crippen LogP contribution in [0.25, 0.3) is 4.91 Å².